The minimum absolute atomic E-state index is 0.114. The van der Waals surface area contributed by atoms with Crippen LogP contribution in [-0.2, 0) is 0 Å². The van der Waals surface area contributed by atoms with Crippen LogP contribution < -0.4 is 5.32 Å². The molecule has 18 heavy (non-hydrogen) atoms. The number of anilines is 1. The van der Waals surface area contributed by atoms with Crippen molar-refractivity contribution < 1.29 is 0 Å². The minimum atomic E-state index is -0.114. The number of aromatic nitrogens is 3. The van der Waals surface area contributed by atoms with Crippen LogP contribution in [0.15, 0.2) is 30.3 Å². The van der Waals surface area contributed by atoms with Crippen LogP contribution in [0.5, 0.6) is 0 Å². The van der Waals surface area contributed by atoms with Crippen LogP contribution in [0.4, 0.5) is 5.95 Å². The van der Waals surface area contributed by atoms with Crippen LogP contribution in [0.2, 0.25) is 0 Å². The lowest BCUT2D eigenvalue weighted by Gasteiger charge is -2.11. The summed E-state index contributed by atoms with van der Waals surface area (Å²) < 4.78 is 0. The molecule has 0 bridgehead atoms. The summed E-state index contributed by atoms with van der Waals surface area (Å²) in [5, 5.41) is 11.0. The largest absolute Gasteiger partial charge is 0.351 e. The quantitative estimate of drug-likeness (QED) is 0.861. The van der Waals surface area contributed by atoms with E-state index in [1.165, 1.54) is 0 Å². The zero-order valence-electron chi connectivity index (χ0n) is 10.4. The third-order valence-electron chi connectivity index (χ3n) is 2.69. The Hall–Kier alpha value is -1.68. The van der Waals surface area contributed by atoms with E-state index in [1.54, 1.807) is 0 Å². The van der Waals surface area contributed by atoms with E-state index in [1.807, 2.05) is 44.2 Å². The van der Waals surface area contributed by atoms with Crippen LogP contribution in [-0.4, -0.2) is 21.7 Å². The minimum Gasteiger partial charge on any atom is -0.351 e. The first-order chi connectivity index (χ1) is 8.66. The lowest BCUT2D eigenvalue weighted by Crippen LogP contribution is -2.12. The van der Waals surface area contributed by atoms with Crippen molar-refractivity contribution in [2.24, 2.45) is 0 Å². The van der Waals surface area contributed by atoms with Gasteiger partial charge >= 0.3 is 0 Å². The summed E-state index contributed by atoms with van der Waals surface area (Å²) >= 11 is 6.29. The van der Waals surface area contributed by atoms with Gasteiger partial charge in [0, 0.05) is 6.54 Å². The molecule has 0 aliphatic heterocycles. The molecule has 1 atom stereocenters. The van der Waals surface area contributed by atoms with Gasteiger partial charge in [0.2, 0.25) is 5.95 Å². The molecule has 2 rings (SSSR count). The first kappa shape index (κ1) is 12.8. The first-order valence-electron chi connectivity index (χ1n) is 5.77. The molecular formula is C13H15ClN4. The zero-order valence-corrected chi connectivity index (χ0v) is 11.1. The molecule has 0 radical (unpaired) electrons. The molecule has 2 aromatic rings. The van der Waals surface area contributed by atoms with Gasteiger partial charge in [0.1, 0.15) is 0 Å². The lowest BCUT2D eigenvalue weighted by molar-refractivity contribution is 0.870. The molecule has 4 nitrogen and oxygen atoms in total. The van der Waals surface area contributed by atoms with E-state index < -0.39 is 0 Å². The molecule has 1 N–H and O–H groups in total. The summed E-state index contributed by atoms with van der Waals surface area (Å²) in [6.07, 6.45) is 0. The number of hydrogen-bond acceptors (Lipinski definition) is 4. The van der Waals surface area contributed by atoms with Crippen LogP contribution in [0, 0.1) is 13.8 Å². The Kier molecular flexibility index (Phi) is 4.10. The number of aryl methyl sites for hydroxylation is 2. The van der Waals surface area contributed by atoms with Crippen molar-refractivity contribution in [1.29, 1.82) is 0 Å². The topological polar surface area (TPSA) is 50.7 Å². The number of nitrogens with one attached hydrogen (secondary N) is 1. The fourth-order valence-electron chi connectivity index (χ4n) is 1.49. The molecule has 0 aliphatic carbocycles. The highest BCUT2D eigenvalue weighted by Gasteiger charge is 2.08. The molecule has 5 heteroatoms. The molecule has 94 valence electrons. The van der Waals surface area contributed by atoms with Gasteiger partial charge in [-0.2, -0.15) is 5.10 Å². The maximum absolute atomic E-state index is 6.29. The highest BCUT2D eigenvalue weighted by molar-refractivity contribution is 6.21. The van der Waals surface area contributed by atoms with Crippen molar-refractivity contribution in [2.75, 3.05) is 11.9 Å². The van der Waals surface area contributed by atoms with E-state index in [2.05, 4.69) is 20.5 Å². The molecule has 0 fully saturated rings. The average molecular weight is 263 g/mol. The summed E-state index contributed by atoms with van der Waals surface area (Å²) in [5.74, 6) is 0.514. The third kappa shape index (κ3) is 3.17. The van der Waals surface area contributed by atoms with E-state index in [0.717, 1.165) is 17.0 Å². The van der Waals surface area contributed by atoms with Crippen LogP contribution in [0.25, 0.3) is 0 Å². The number of hydrogen-bond donors (Lipinski definition) is 1. The average Bonchev–Trinajstić information content (AvgIpc) is 2.41. The van der Waals surface area contributed by atoms with Gasteiger partial charge in [-0.25, -0.2) is 4.98 Å². The van der Waals surface area contributed by atoms with Crippen molar-refractivity contribution >= 4 is 17.5 Å². The second-order valence-electron chi connectivity index (χ2n) is 4.07. The van der Waals surface area contributed by atoms with Gasteiger partial charge in [0.15, 0.2) is 0 Å². The van der Waals surface area contributed by atoms with Crippen molar-refractivity contribution in [3.63, 3.8) is 0 Å². The standard InChI is InChI=1S/C13H15ClN4/c1-9-10(2)17-18-13(16-9)15-8-12(14)11-6-4-3-5-7-11/h3-7,12H,8H2,1-2H3,(H,15,16,18). The molecular weight excluding hydrogens is 248 g/mol. The van der Waals surface area contributed by atoms with E-state index in [-0.39, 0.29) is 5.38 Å². The van der Waals surface area contributed by atoms with Gasteiger partial charge in [-0.15, -0.1) is 16.7 Å². The van der Waals surface area contributed by atoms with Gasteiger partial charge in [0.05, 0.1) is 16.8 Å². The van der Waals surface area contributed by atoms with E-state index in [0.29, 0.717) is 12.5 Å². The normalized spacial score (nSPS) is 12.2. The summed E-state index contributed by atoms with van der Waals surface area (Å²) in [6.45, 7) is 4.35. The third-order valence-corrected chi connectivity index (χ3v) is 3.10. The van der Waals surface area contributed by atoms with Crippen molar-refractivity contribution in [2.45, 2.75) is 19.2 Å². The fraction of sp³-hybridized carbons (Fsp3) is 0.308. The van der Waals surface area contributed by atoms with E-state index in [9.17, 15) is 0 Å². The van der Waals surface area contributed by atoms with E-state index in [4.69, 9.17) is 11.6 Å². The van der Waals surface area contributed by atoms with Gasteiger partial charge in [-0.3, -0.25) is 0 Å². The van der Waals surface area contributed by atoms with Gasteiger partial charge in [0.25, 0.3) is 0 Å². The molecule has 0 spiro atoms. The number of halogens is 1. The van der Waals surface area contributed by atoms with Crippen molar-refractivity contribution in [3.05, 3.63) is 47.3 Å². The molecule has 0 amide bonds. The molecule has 0 saturated heterocycles. The van der Waals surface area contributed by atoms with Gasteiger partial charge in [-0.1, -0.05) is 30.3 Å². The van der Waals surface area contributed by atoms with Gasteiger partial charge in [-0.05, 0) is 19.4 Å². The smallest absolute Gasteiger partial charge is 0.243 e. The lowest BCUT2D eigenvalue weighted by atomic mass is 10.1. The van der Waals surface area contributed by atoms with E-state index >= 15 is 0 Å². The van der Waals surface area contributed by atoms with Crippen molar-refractivity contribution in [1.82, 2.24) is 15.2 Å². The maximum Gasteiger partial charge on any atom is 0.243 e. The number of rotatable bonds is 4. The molecule has 0 saturated carbocycles. The Labute approximate surface area is 111 Å². The maximum atomic E-state index is 6.29. The molecule has 1 heterocycles. The number of alkyl halides is 1. The Balaban J connectivity index is 1.97. The predicted octanol–water partition coefficient (Wildman–Crippen LogP) is 2.88. The monoisotopic (exact) mass is 262 g/mol. The first-order valence-corrected chi connectivity index (χ1v) is 6.21. The van der Waals surface area contributed by atoms with Crippen molar-refractivity contribution in [3.8, 4) is 0 Å². The van der Waals surface area contributed by atoms with Crippen LogP contribution >= 0.6 is 11.6 Å². The Morgan fingerprint density at radius 2 is 1.83 bits per heavy atom. The highest BCUT2D eigenvalue weighted by atomic mass is 35.5. The molecule has 1 aromatic heterocycles. The molecule has 0 aliphatic rings. The summed E-state index contributed by atoms with van der Waals surface area (Å²) in [4.78, 5) is 4.29. The Morgan fingerprint density at radius 3 is 2.50 bits per heavy atom. The van der Waals surface area contributed by atoms with Crippen LogP contribution in [0.3, 0.4) is 0 Å². The molecule has 1 unspecified atom stereocenters. The highest BCUT2D eigenvalue weighted by Crippen LogP contribution is 2.19. The summed E-state index contributed by atoms with van der Waals surface area (Å²) in [6, 6.07) is 9.91. The Bertz CT molecular complexity index is 516. The summed E-state index contributed by atoms with van der Waals surface area (Å²) in [5.41, 5.74) is 2.79. The Morgan fingerprint density at radius 1 is 1.11 bits per heavy atom. The predicted molar refractivity (Wildman–Crippen MR) is 72.8 cm³/mol. The fourth-order valence-corrected chi connectivity index (χ4v) is 1.71. The SMILES string of the molecule is Cc1nnc(NCC(Cl)c2ccccc2)nc1C. The second-order valence-corrected chi connectivity index (χ2v) is 4.59. The number of nitrogens with zero attached hydrogens (tertiary/aromatic N) is 3. The van der Waals surface area contributed by atoms with Crippen LogP contribution in [0.1, 0.15) is 22.3 Å². The molecule has 1 aromatic carbocycles. The van der Waals surface area contributed by atoms with Gasteiger partial charge < -0.3 is 5.32 Å². The zero-order chi connectivity index (χ0) is 13.0. The number of benzene rings is 1. The second kappa shape index (κ2) is 5.78. The summed E-state index contributed by atoms with van der Waals surface area (Å²) in [7, 11) is 0.